The summed E-state index contributed by atoms with van der Waals surface area (Å²) in [5.74, 6) is 1.56. The number of nitrogens with zero attached hydrogens (tertiary/aromatic N) is 5. The molecule has 13 heteroatoms. The van der Waals surface area contributed by atoms with E-state index < -0.39 is 37.2 Å². The van der Waals surface area contributed by atoms with Crippen LogP contribution in [0, 0.1) is 5.92 Å². The fourth-order valence-corrected chi connectivity index (χ4v) is 7.35. The molecule has 4 rings (SSSR count). The van der Waals surface area contributed by atoms with Crippen molar-refractivity contribution in [1.82, 2.24) is 25.1 Å². The Morgan fingerprint density at radius 3 is 2.14 bits per heavy atom. The van der Waals surface area contributed by atoms with Crippen LogP contribution in [0.3, 0.4) is 0 Å². The highest BCUT2D eigenvalue weighted by Crippen LogP contribution is 2.44. The van der Waals surface area contributed by atoms with Gasteiger partial charge in [0.1, 0.15) is 17.0 Å². The van der Waals surface area contributed by atoms with E-state index in [0.29, 0.717) is 18.3 Å². The second-order valence-electron chi connectivity index (χ2n) is 18.5. The molecule has 2 saturated carbocycles. The Kier molecular flexibility index (Phi) is 11.4. The van der Waals surface area contributed by atoms with Crippen LogP contribution in [0.5, 0.6) is 5.88 Å². The van der Waals surface area contributed by atoms with Crippen molar-refractivity contribution in [3.63, 3.8) is 0 Å². The predicted molar refractivity (Wildman–Crippen MR) is 198 cm³/mol. The predicted octanol–water partition coefficient (Wildman–Crippen LogP) is 8.84. The van der Waals surface area contributed by atoms with Crippen molar-refractivity contribution in [1.29, 1.82) is 0 Å². The summed E-state index contributed by atoms with van der Waals surface area (Å²) >= 11 is 0. The molecule has 12 nitrogen and oxygen atoms in total. The molecule has 0 saturated heterocycles. The van der Waals surface area contributed by atoms with Gasteiger partial charge >= 0.3 is 12.2 Å². The van der Waals surface area contributed by atoms with Crippen LogP contribution in [0.2, 0.25) is 18.1 Å². The molecule has 2 fully saturated rings. The largest absolute Gasteiger partial charge is 0.476 e. The lowest BCUT2D eigenvalue weighted by Gasteiger charge is -2.38. The first-order chi connectivity index (χ1) is 22.8. The maximum absolute atomic E-state index is 14.0. The average molecular weight is 715 g/mol. The van der Waals surface area contributed by atoms with Crippen molar-refractivity contribution < 1.29 is 28.2 Å². The summed E-state index contributed by atoms with van der Waals surface area (Å²) in [4.78, 5) is 36.7. The maximum atomic E-state index is 14.0. The summed E-state index contributed by atoms with van der Waals surface area (Å²) in [5, 5.41) is 8.17. The number of alkyl carbamates (subject to hydrolysis) is 1. The van der Waals surface area contributed by atoms with Gasteiger partial charge in [-0.05, 0) is 118 Å². The van der Waals surface area contributed by atoms with Gasteiger partial charge in [-0.2, -0.15) is 10.1 Å². The van der Waals surface area contributed by atoms with E-state index >= 15 is 0 Å². The fraction of sp³-hybridized carbons (Fsp3) is 0.757. The maximum Gasteiger partial charge on any atom is 0.421 e. The Labute approximate surface area is 300 Å². The first-order valence-corrected chi connectivity index (χ1v) is 21.0. The van der Waals surface area contributed by atoms with Crippen molar-refractivity contribution in [3.05, 3.63) is 24.2 Å². The highest BCUT2D eigenvalue weighted by Gasteiger charge is 2.42. The van der Waals surface area contributed by atoms with Crippen LogP contribution in [-0.2, 0) is 19.4 Å². The lowest BCUT2D eigenvalue weighted by atomic mass is 9.81. The van der Waals surface area contributed by atoms with E-state index in [2.05, 4.69) is 64.9 Å². The monoisotopic (exact) mass is 714 g/mol. The molecule has 2 aliphatic rings. The highest BCUT2D eigenvalue weighted by atomic mass is 28.4. The minimum atomic E-state index is -1.92. The van der Waals surface area contributed by atoms with E-state index in [9.17, 15) is 9.59 Å². The Morgan fingerprint density at radius 1 is 0.920 bits per heavy atom. The van der Waals surface area contributed by atoms with Crippen LogP contribution < -0.4 is 15.0 Å². The van der Waals surface area contributed by atoms with Gasteiger partial charge in [0.25, 0.3) is 0 Å². The lowest BCUT2D eigenvalue weighted by molar-refractivity contribution is 0.0425. The molecule has 50 heavy (non-hydrogen) atoms. The average Bonchev–Trinajstić information content (AvgIpc) is 3.55. The quantitative estimate of drug-likeness (QED) is 0.253. The van der Waals surface area contributed by atoms with E-state index in [1.807, 2.05) is 52.3 Å². The second kappa shape index (κ2) is 14.4. The molecule has 2 atom stereocenters. The normalized spacial score (nSPS) is 21.7. The summed E-state index contributed by atoms with van der Waals surface area (Å²) in [6.07, 6.45) is 6.65. The van der Waals surface area contributed by atoms with E-state index in [0.717, 1.165) is 37.8 Å². The number of rotatable bonds is 9. The molecule has 0 bridgehead atoms. The minimum absolute atomic E-state index is 0.0409. The highest BCUT2D eigenvalue weighted by molar-refractivity contribution is 6.74. The zero-order valence-electron chi connectivity index (χ0n) is 33.0. The third-order valence-electron chi connectivity index (χ3n) is 9.47. The molecule has 0 aromatic carbocycles. The lowest BCUT2D eigenvalue weighted by Crippen LogP contribution is -2.47. The third-order valence-corrected chi connectivity index (χ3v) is 14.0. The van der Waals surface area contributed by atoms with Crippen molar-refractivity contribution in [2.75, 3.05) is 11.5 Å². The van der Waals surface area contributed by atoms with E-state index in [4.69, 9.17) is 28.7 Å². The molecule has 0 unspecified atom stereocenters. The van der Waals surface area contributed by atoms with Gasteiger partial charge in [-0.25, -0.2) is 19.2 Å². The molecule has 2 aliphatic carbocycles. The van der Waals surface area contributed by atoms with Crippen LogP contribution in [0.15, 0.2) is 18.5 Å². The van der Waals surface area contributed by atoms with Crippen molar-refractivity contribution >= 4 is 32.1 Å². The number of amides is 2. The van der Waals surface area contributed by atoms with Gasteiger partial charge in [0, 0.05) is 24.1 Å². The summed E-state index contributed by atoms with van der Waals surface area (Å²) in [6, 6.07) is 2.04. The Hall–Kier alpha value is -3.19. The van der Waals surface area contributed by atoms with Gasteiger partial charge in [0.2, 0.25) is 5.88 Å². The number of carbonyl (C=O) groups is 2. The molecular formula is C37H62N6O6Si. The van der Waals surface area contributed by atoms with Gasteiger partial charge in [-0.15, -0.1) is 0 Å². The molecule has 0 spiro atoms. The smallest absolute Gasteiger partial charge is 0.421 e. The summed E-state index contributed by atoms with van der Waals surface area (Å²) in [6.45, 7) is 29.1. The summed E-state index contributed by atoms with van der Waals surface area (Å²) in [7, 11) is -1.92. The molecule has 0 aliphatic heterocycles. The Balaban J connectivity index is 1.55. The van der Waals surface area contributed by atoms with Gasteiger partial charge in [0.05, 0.1) is 30.2 Å². The molecule has 2 aromatic rings. The molecule has 2 heterocycles. The topological polar surface area (TPSA) is 130 Å². The third kappa shape index (κ3) is 10.4. The number of hydrogen-bond acceptors (Lipinski definition) is 9. The number of nitrogens with one attached hydrogen (secondary N) is 1. The van der Waals surface area contributed by atoms with Crippen molar-refractivity contribution in [2.45, 2.75) is 168 Å². The first-order valence-electron chi connectivity index (χ1n) is 18.1. The van der Waals surface area contributed by atoms with Crippen LogP contribution in [-0.4, -0.2) is 70.2 Å². The summed E-state index contributed by atoms with van der Waals surface area (Å²) in [5.41, 5.74) is -0.831. The zero-order valence-corrected chi connectivity index (χ0v) is 34.0. The number of anilines is 2. The van der Waals surface area contributed by atoms with Gasteiger partial charge < -0.3 is 24.0 Å². The van der Waals surface area contributed by atoms with E-state index in [1.165, 1.54) is 4.90 Å². The number of ether oxygens (including phenoxy) is 3. The molecule has 1 N–H and O–H groups in total. The molecular weight excluding hydrogens is 653 g/mol. The molecule has 2 aromatic heterocycles. The van der Waals surface area contributed by atoms with Crippen molar-refractivity contribution in [3.8, 4) is 5.88 Å². The zero-order chi connectivity index (χ0) is 37.4. The van der Waals surface area contributed by atoms with Crippen LogP contribution >= 0.6 is 0 Å². The number of aromatic nitrogens is 4. The van der Waals surface area contributed by atoms with Crippen LogP contribution in [0.4, 0.5) is 21.2 Å². The Morgan fingerprint density at radius 2 is 1.56 bits per heavy atom. The number of hydrogen-bond donors (Lipinski definition) is 1. The Bertz CT molecular complexity index is 1490. The van der Waals surface area contributed by atoms with Gasteiger partial charge in [-0.1, -0.05) is 20.8 Å². The standard InChI is InChI=1S/C37H62N6O6Si/c1-34(2,3)43-31(20-28(41-43)25-15-16-27(19-25)49-50(13,14)37(10,11)12)42(33(45)48-36(7,8)9)29-21-38-22-30(40-29)46-23-24-17-26(18-24)39-32(44)47-35(4,5)6/h20-22,24-27H,15-19,23H2,1-14H3,(H,39,44)/t24?,25-,26?,27+/m0/s1. The first kappa shape index (κ1) is 39.6. The van der Waals surface area contributed by atoms with E-state index in [1.54, 1.807) is 12.4 Å². The molecule has 2 amide bonds. The molecule has 280 valence electrons. The van der Waals surface area contributed by atoms with Crippen LogP contribution in [0.1, 0.15) is 127 Å². The van der Waals surface area contributed by atoms with Crippen molar-refractivity contribution in [2.24, 2.45) is 5.92 Å². The SMILES string of the molecule is CC(C)(C)OC(=O)NC1CC(COc2cncc(N(C(=O)OC(C)(C)C)c3cc([C@H]4CC[C@@H](O[Si](C)(C)C(C)(C)C)C4)nn3C(C)(C)C)n2)C1. The van der Waals surface area contributed by atoms with Gasteiger partial charge in [0.15, 0.2) is 14.1 Å². The number of carbonyl (C=O) groups excluding carboxylic acids is 2. The van der Waals surface area contributed by atoms with E-state index in [-0.39, 0.29) is 34.8 Å². The fourth-order valence-electron chi connectivity index (χ4n) is 5.95. The van der Waals surface area contributed by atoms with Crippen LogP contribution in [0.25, 0.3) is 0 Å². The minimum Gasteiger partial charge on any atom is -0.476 e. The molecule has 0 radical (unpaired) electrons. The second-order valence-corrected chi connectivity index (χ2v) is 23.3. The van der Waals surface area contributed by atoms with Gasteiger partial charge in [-0.3, -0.25) is 4.98 Å². The summed E-state index contributed by atoms with van der Waals surface area (Å²) < 4.78 is 26.1.